The zero-order chi connectivity index (χ0) is 9.90. The fourth-order valence-electron chi connectivity index (χ4n) is 2.08. The lowest BCUT2D eigenvalue weighted by molar-refractivity contribution is -0.139. The lowest BCUT2D eigenvalue weighted by Crippen LogP contribution is -2.39. The average Bonchev–Trinajstić information content (AvgIpc) is 2.54. The monoisotopic (exact) mass is 183 g/mol. The van der Waals surface area contributed by atoms with Crippen LogP contribution >= 0.6 is 0 Å². The standard InChI is InChI=1S/C11H21NO/c1-4-7-11(2,3)10(13)12-8-5-6-9-12/h4-9H2,1-3H3. The van der Waals surface area contributed by atoms with Gasteiger partial charge in [-0.2, -0.15) is 0 Å². The molecule has 0 aromatic rings. The van der Waals surface area contributed by atoms with Gasteiger partial charge >= 0.3 is 0 Å². The van der Waals surface area contributed by atoms with Crippen LogP contribution < -0.4 is 0 Å². The van der Waals surface area contributed by atoms with E-state index in [9.17, 15) is 4.79 Å². The lowest BCUT2D eigenvalue weighted by Gasteiger charge is -2.28. The van der Waals surface area contributed by atoms with Gasteiger partial charge in [-0.1, -0.05) is 27.2 Å². The molecule has 2 nitrogen and oxygen atoms in total. The Morgan fingerprint density at radius 3 is 2.31 bits per heavy atom. The molecule has 0 aromatic heterocycles. The van der Waals surface area contributed by atoms with Crippen molar-refractivity contribution in [2.45, 2.75) is 46.5 Å². The zero-order valence-electron chi connectivity index (χ0n) is 9.10. The Balaban J connectivity index is 2.53. The molecule has 1 rings (SSSR count). The van der Waals surface area contributed by atoms with Gasteiger partial charge in [0.2, 0.25) is 5.91 Å². The fraction of sp³-hybridized carbons (Fsp3) is 0.909. The maximum absolute atomic E-state index is 12.0. The molecule has 0 spiro atoms. The van der Waals surface area contributed by atoms with Gasteiger partial charge in [-0.3, -0.25) is 4.79 Å². The first-order valence-electron chi connectivity index (χ1n) is 5.37. The van der Waals surface area contributed by atoms with Crippen molar-refractivity contribution in [3.8, 4) is 0 Å². The Morgan fingerprint density at radius 1 is 1.31 bits per heavy atom. The number of nitrogens with zero attached hydrogens (tertiary/aromatic N) is 1. The summed E-state index contributed by atoms with van der Waals surface area (Å²) in [4.78, 5) is 14.0. The number of amides is 1. The van der Waals surface area contributed by atoms with Crippen molar-refractivity contribution in [1.29, 1.82) is 0 Å². The first kappa shape index (κ1) is 10.6. The summed E-state index contributed by atoms with van der Waals surface area (Å²) in [5.41, 5.74) is -0.140. The van der Waals surface area contributed by atoms with E-state index in [0.29, 0.717) is 5.91 Å². The third kappa shape index (κ3) is 2.45. The summed E-state index contributed by atoms with van der Waals surface area (Å²) in [6, 6.07) is 0. The van der Waals surface area contributed by atoms with Crippen LogP contribution in [0.15, 0.2) is 0 Å². The maximum Gasteiger partial charge on any atom is 0.228 e. The number of hydrogen-bond acceptors (Lipinski definition) is 1. The number of carbonyl (C=O) groups is 1. The van der Waals surface area contributed by atoms with Crippen LogP contribution in [0.2, 0.25) is 0 Å². The quantitative estimate of drug-likeness (QED) is 0.658. The summed E-state index contributed by atoms with van der Waals surface area (Å²) in [6.07, 6.45) is 4.47. The predicted octanol–water partition coefficient (Wildman–Crippen LogP) is 2.44. The molecule has 1 amide bonds. The fourth-order valence-corrected chi connectivity index (χ4v) is 2.08. The van der Waals surface area contributed by atoms with Crippen molar-refractivity contribution >= 4 is 5.91 Å². The molecule has 0 radical (unpaired) electrons. The van der Waals surface area contributed by atoms with Crippen molar-refractivity contribution in [3.05, 3.63) is 0 Å². The summed E-state index contributed by atoms with van der Waals surface area (Å²) in [5.74, 6) is 0.354. The Labute approximate surface area is 81.3 Å². The molecule has 13 heavy (non-hydrogen) atoms. The van der Waals surface area contributed by atoms with Gasteiger partial charge in [-0.25, -0.2) is 0 Å². The van der Waals surface area contributed by atoms with Crippen LogP contribution in [-0.2, 0) is 4.79 Å². The minimum absolute atomic E-state index is 0.140. The highest BCUT2D eigenvalue weighted by atomic mass is 16.2. The second-order valence-electron chi connectivity index (χ2n) is 4.63. The predicted molar refractivity (Wildman–Crippen MR) is 54.5 cm³/mol. The molecule has 1 aliphatic heterocycles. The molecular formula is C11H21NO. The average molecular weight is 183 g/mol. The molecule has 1 fully saturated rings. The van der Waals surface area contributed by atoms with Crippen LogP contribution in [-0.4, -0.2) is 23.9 Å². The maximum atomic E-state index is 12.0. The van der Waals surface area contributed by atoms with Gasteiger partial charge in [0, 0.05) is 18.5 Å². The molecule has 0 unspecified atom stereocenters. The zero-order valence-corrected chi connectivity index (χ0v) is 9.10. The van der Waals surface area contributed by atoms with E-state index in [1.54, 1.807) is 0 Å². The first-order chi connectivity index (χ1) is 6.08. The molecule has 2 heteroatoms. The van der Waals surface area contributed by atoms with Crippen molar-refractivity contribution in [3.63, 3.8) is 0 Å². The molecule has 0 aromatic carbocycles. The van der Waals surface area contributed by atoms with Crippen LogP contribution in [0, 0.1) is 5.41 Å². The second-order valence-corrected chi connectivity index (χ2v) is 4.63. The molecule has 76 valence electrons. The molecule has 0 N–H and O–H groups in total. The molecule has 0 aliphatic carbocycles. The molecule has 0 saturated carbocycles. The first-order valence-corrected chi connectivity index (χ1v) is 5.37. The van der Waals surface area contributed by atoms with Crippen LogP contribution in [0.4, 0.5) is 0 Å². The Kier molecular flexibility index (Phi) is 3.34. The summed E-state index contributed by atoms with van der Waals surface area (Å²) in [6.45, 7) is 8.23. The van der Waals surface area contributed by atoms with Crippen LogP contribution in [0.5, 0.6) is 0 Å². The summed E-state index contributed by atoms with van der Waals surface area (Å²) < 4.78 is 0. The van der Waals surface area contributed by atoms with E-state index in [1.807, 2.05) is 4.90 Å². The number of carbonyl (C=O) groups excluding carboxylic acids is 1. The van der Waals surface area contributed by atoms with E-state index in [0.717, 1.165) is 25.9 Å². The molecule has 1 heterocycles. The highest BCUT2D eigenvalue weighted by molar-refractivity contribution is 5.82. The molecule has 0 atom stereocenters. The van der Waals surface area contributed by atoms with Gasteiger partial charge in [0.1, 0.15) is 0 Å². The van der Waals surface area contributed by atoms with Crippen LogP contribution in [0.3, 0.4) is 0 Å². The van der Waals surface area contributed by atoms with E-state index < -0.39 is 0 Å². The SMILES string of the molecule is CCCC(C)(C)C(=O)N1CCCC1. The van der Waals surface area contributed by atoms with Gasteiger partial charge in [-0.05, 0) is 19.3 Å². The largest absolute Gasteiger partial charge is 0.342 e. The van der Waals surface area contributed by atoms with Crippen LogP contribution in [0.1, 0.15) is 46.5 Å². The van der Waals surface area contributed by atoms with E-state index in [4.69, 9.17) is 0 Å². The number of likely N-dealkylation sites (tertiary alicyclic amines) is 1. The highest BCUT2D eigenvalue weighted by Crippen LogP contribution is 2.26. The molecule has 1 aliphatic rings. The van der Waals surface area contributed by atoms with Crippen molar-refractivity contribution < 1.29 is 4.79 Å². The third-order valence-electron chi connectivity index (χ3n) is 2.85. The Hall–Kier alpha value is -0.530. The molecule has 0 bridgehead atoms. The van der Waals surface area contributed by atoms with Gasteiger partial charge < -0.3 is 4.90 Å². The normalized spacial score (nSPS) is 17.9. The number of rotatable bonds is 3. The summed E-state index contributed by atoms with van der Waals surface area (Å²) in [7, 11) is 0. The number of hydrogen-bond donors (Lipinski definition) is 0. The topological polar surface area (TPSA) is 20.3 Å². The van der Waals surface area contributed by atoms with Crippen molar-refractivity contribution in [2.24, 2.45) is 5.41 Å². The van der Waals surface area contributed by atoms with E-state index in [1.165, 1.54) is 12.8 Å². The molecular weight excluding hydrogens is 162 g/mol. The lowest BCUT2D eigenvalue weighted by atomic mass is 9.86. The van der Waals surface area contributed by atoms with E-state index >= 15 is 0 Å². The van der Waals surface area contributed by atoms with Gasteiger partial charge in [-0.15, -0.1) is 0 Å². The summed E-state index contributed by atoms with van der Waals surface area (Å²) >= 11 is 0. The van der Waals surface area contributed by atoms with Crippen LogP contribution in [0.25, 0.3) is 0 Å². The van der Waals surface area contributed by atoms with Crippen molar-refractivity contribution in [1.82, 2.24) is 4.90 Å². The highest BCUT2D eigenvalue weighted by Gasteiger charge is 2.32. The van der Waals surface area contributed by atoms with E-state index in [-0.39, 0.29) is 5.41 Å². The molecule has 1 saturated heterocycles. The van der Waals surface area contributed by atoms with Gasteiger partial charge in [0.05, 0.1) is 0 Å². The van der Waals surface area contributed by atoms with Gasteiger partial charge in [0.15, 0.2) is 0 Å². The van der Waals surface area contributed by atoms with Gasteiger partial charge in [0.25, 0.3) is 0 Å². The smallest absolute Gasteiger partial charge is 0.228 e. The Morgan fingerprint density at radius 2 is 1.85 bits per heavy atom. The van der Waals surface area contributed by atoms with Crippen molar-refractivity contribution in [2.75, 3.05) is 13.1 Å². The van der Waals surface area contributed by atoms with E-state index in [2.05, 4.69) is 20.8 Å². The Bertz CT molecular complexity index is 181. The third-order valence-corrected chi connectivity index (χ3v) is 2.85. The summed E-state index contributed by atoms with van der Waals surface area (Å²) in [5, 5.41) is 0. The minimum Gasteiger partial charge on any atom is -0.342 e. The minimum atomic E-state index is -0.140. The second kappa shape index (κ2) is 4.12.